The van der Waals surface area contributed by atoms with E-state index in [1.165, 1.54) is 12.1 Å². The van der Waals surface area contributed by atoms with Gasteiger partial charge in [0.25, 0.3) is 0 Å². The third kappa shape index (κ3) is 2.21. The number of nitrogens with two attached hydrogens (primary N) is 1. The van der Waals surface area contributed by atoms with Crippen molar-refractivity contribution in [2.75, 3.05) is 0 Å². The fourth-order valence-corrected chi connectivity index (χ4v) is 2.40. The lowest BCUT2D eigenvalue weighted by atomic mass is 9.95. The molecule has 19 heavy (non-hydrogen) atoms. The van der Waals surface area contributed by atoms with Gasteiger partial charge in [-0.2, -0.15) is 5.10 Å². The van der Waals surface area contributed by atoms with Gasteiger partial charge in [-0.15, -0.1) is 0 Å². The first kappa shape index (κ1) is 12.2. The largest absolute Gasteiger partial charge is 0.485 e. The zero-order valence-electron chi connectivity index (χ0n) is 10.7. The maximum atomic E-state index is 13.3. The summed E-state index contributed by atoms with van der Waals surface area (Å²) in [5.41, 5.74) is 7.97. The Morgan fingerprint density at radius 1 is 1.53 bits per heavy atom. The van der Waals surface area contributed by atoms with Crippen molar-refractivity contribution in [2.24, 2.45) is 5.73 Å². The molecule has 3 rings (SSSR count). The van der Waals surface area contributed by atoms with Crippen LogP contribution in [0.25, 0.3) is 0 Å². The minimum absolute atomic E-state index is 0.140. The average molecular weight is 261 g/mol. The summed E-state index contributed by atoms with van der Waals surface area (Å²) in [5, 5.41) is 4.23. The summed E-state index contributed by atoms with van der Waals surface area (Å²) in [6, 6.07) is 4.36. The fourth-order valence-electron chi connectivity index (χ4n) is 2.40. The van der Waals surface area contributed by atoms with Crippen LogP contribution in [0.3, 0.4) is 0 Å². The van der Waals surface area contributed by atoms with E-state index in [2.05, 4.69) is 5.10 Å². The van der Waals surface area contributed by atoms with E-state index in [1.807, 2.05) is 17.8 Å². The Labute approximate surface area is 111 Å². The van der Waals surface area contributed by atoms with E-state index in [9.17, 15) is 4.39 Å². The second kappa shape index (κ2) is 4.66. The highest BCUT2D eigenvalue weighted by molar-refractivity contribution is 5.39. The highest BCUT2D eigenvalue weighted by atomic mass is 19.1. The van der Waals surface area contributed by atoms with E-state index in [0.29, 0.717) is 12.2 Å². The summed E-state index contributed by atoms with van der Waals surface area (Å²) < 4.78 is 21.0. The SMILES string of the molecule is CCn1cc(C2CC(N)c3ccc(F)cc3O2)cn1. The molecule has 0 saturated heterocycles. The molecule has 0 bridgehead atoms. The van der Waals surface area contributed by atoms with Crippen LogP contribution in [0, 0.1) is 5.82 Å². The lowest BCUT2D eigenvalue weighted by Crippen LogP contribution is -2.24. The molecule has 1 aliphatic heterocycles. The van der Waals surface area contributed by atoms with E-state index in [1.54, 1.807) is 12.3 Å². The summed E-state index contributed by atoms with van der Waals surface area (Å²) in [7, 11) is 0. The number of benzene rings is 1. The third-order valence-corrected chi connectivity index (χ3v) is 3.46. The molecule has 0 saturated carbocycles. The molecule has 5 heteroatoms. The summed E-state index contributed by atoms with van der Waals surface area (Å²) in [4.78, 5) is 0. The number of nitrogens with zero attached hydrogens (tertiary/aromatic N) is 2. The molecule has 2 heterocycles. The quantitative estimate of drug-likeness (QED) is 0.904. The van der Waals surface area contributed by atoms with Crippen LogP contribution in [0.4, 0.5) is 4.39 Å². The van der Waals surface area contributed by atoms with Gasteiger partial charge in [-0.25, -0.2) is 4.39 Å². The molecule has 0 amide bonds. The monoisotopic (exact) mass is 261 g/mol. The molecule has 2 aromatic rings. The Morgan fingerprint density at radius 2 is 2.37 bits per heavy atom. The van der Waals surface area contributed by atoms with Crippen LogP contribution < -0.4 is 10.5 Å². The van der Waals surface area contributed by atoms with Gasteiger partial charge < -0.3 is 10.5 Å². The van der Waals surface area contributed by atoms with Gasteiger partial charge in [0.2, 0.25) is 0 Å². The van der Waals surface area contributed by atoms with Crippen LogP contribution in [0.1, 0.15) is 36.6 Å². The minimum atomic E-state index is -0.309. The predicted octanol–water partition coefficient (Wildman–Crippen LogP) is 2.57. The van der Waals surface area contributed by atoms with Crippen molar-refractivity contribution in [3.05, 3.63) is 47.5 Å². The normalized spacial score (nSPS) is 21.8. The van der Waals surface area contributed by atoms with Gasteiger partial charge >= 0.3 is 0 Å². The molecule has 100 valence electrons. The van der Waals surface area contributed by atoms with Crippen molar-refractivity contribution in [3.63, 3.8) is 0 Å². The predicted molar refractivity (Wildman–Crippen MR) is 69.2 cm³/mol. The lowest BCUT2D eigenvalue weighted by molar-refractivity contribution is 0.160. The molecule has 1 aromatic carbocycles. The molecule has 1 aromatic heterocycles. The number of aromatic nitrogens is 2. The number of fused-ring (bicyclic) bond motifs is 1. The standard InChI is InChI=1S/C14H16FN3O/c1-2-18-8-9(7-17-18)13-6-12(16)11-4-3-10(15)5-14(11)19-13/h3-5,7-8,12-13H,2,6,16H2,1H3. The maximum absolute atomic E-state index is 13.3. The van der Waals surface area contributed by atoms with Crippen molar-refractivity contribution >= 4 is 0 Å². The molecule has 0 fully saturated rings. The average Bonchev–Trinajstić information content (AvgIpc) is 2.86. The number of halogens is 1. The number of rotatable bonds is 2. The van der Waals surface area contributed by atoms with Gasteiger partial charge in [0.1, 0.15) is 17.7 Å². The summed E-state index contributed by atoms with van der Waals surface area (Å²) in [5.74, 6) is 0.226. The first-order valence-electron chi connectivity index (χ1n) is 6.41. The first-order valence-corrected chi connectivity index (χ1v) is 6.41. The van der Waals surface area contributed by atoms with Crippen molar-refractivity contribution in [2.45, 2.75) is 32.0 Å². The van der Waals surface area contributed by atoms with Crippen LogP contribution in [0.15, 0.2) is 30.6 Å². The number of hydrogen-bond donors (Lipinski definition) is 1. The fraction of sp³-hybridized carbons (Fsp3) is 0.357. The summed E-state index contributed by atoms with van der Waals surface area (Å²) in [6.45, 7) is 2.83. The molecule has 2 atom stereocenters. The van der Waals surface area contributed by atoms with Gasteiger partial charge in [0, 0.05) is 42.4 Å². The Kier molecular flexibility index (Phi) is 2.98. The van der Waals surface area contributed by atoms with Crippen LogP contribution >= 0.6 is 0 Å². The molecule has 2 N–H and O–H groups in total. The smallest absolute Gasteiger partial charge is 0.129 e. The van der Waals surface area contributed by atoms with Crippen LogP contribution in [-0.2, 0) is 6.54 Å². The molecule has 0 spiro atoms. The second-order valence-electron chi connectivity index (χ2n) is 4.76. The van der Waals surface area contributed by atoms with Crippen molar-refractivity contribution in [1.29, 1.82) is 0 Å². The Bertz CT molecular complexity index is 596. The van der Waals surface area contributed by atoms with E-state index >= 15 is 0 Å². The molecular weight excluding hydrogens is 245 g/mol. The highest BCUT2D eigenvalue weighted by Crippen LogP contribution is 2.39. The van der Waals surface area contributed by atoms with E-state index in [4.69, 9.17) is 10.5 Å². The van der Waals surface area contributed by atoms with Crippen molar-refractivity contribution in [3.8, 4) is 5.75 Å². The van der Waals surface area contributed by atoms with Crippen LogP contribution in [0.5, 0.6) is 5.75 Å². The molecular formula is C14H16FN3O. The number of hydrogen-bond acceptors (Lipinski definition) is 3. The van der Waals surface area contributed by atoms with Gasteiger partial charge in [-0.05, 0) is 13.0 Å². The third-order valence-electron chi connectivity index (χ3n) is 3.46. The van der Waals surface area contributed by atoms with E-state index in [0.717, 1.165) is 17.7 Å². The first-order chi connectivity index (χ1) is 9.17. The van der Waals surface area contributed by atoms with Crippen LogP contribution in [0.2, 0.25) is 0 Å². The number of aryl methyl sites for hydroxylation is 1. The number of ether oxygens (including phenoxy) is 1. The Hall–Kier alpha value is -1.88. The van der Waals surface area contributed by atoms with E-state index in [-0.39, 0.29) is 18.0 Å². The summed E-state index contributed by atoms with van der Waals surface area (Å²) >= 11 is 0. The van der Waals surface area contributed by atoms with Gasteiger partial charge in [0.05, 0.1) is 6.20 Å². The maximum Gasteiger partial charge on any atom is 0.129 e. The molecule has 1 aliphatic rings. The van der Waals surface area contributed by atoms with Crippen molar-refractivity contribution < 1.29 is 9.13 Å². The Morgan fingerprint density at radius 3 is 3.11 bits per heavy atom. The van der Waals surface area contributed by atoms with Gasteiger partial charge in [-0.1, -0.05) is 6.07 Å². The zero-order valence-corrected chi connectivity index (χ0v) is 10.7. The molecule has 0 aliphatic carbocycles. The summed E-state index contributed by atoms with van der Waals surface area (Å²) in [6.07, 6.45) is 4.24. The molecule has 2 unspecified atom stereocenters. The van der Waals surface area contributed by atoms with Crippen molar-refractivity contribution in [1.82, 2.24) is 9.78 Å². The lowest BCUT2D eigenvalue weighted by Gasteiger charge is -2.29. The zero-order chi connectivity index (χ0) is 13.4. The van der Waals surface area contributed by atoms with E-state index < -0.39 is 0 Å². The van der Waals surface area contributed by atoms with Crippen LogP contribution in [-0.4, -0.2) is 9.78 Å². The topological polar surface area (TPSA) is 53.1 Å². The second-order valence-corrected chi connectivity index (χ2v) is 4.76. The van der Waals surface area contributed by atoms with Gasteiger partial charge in [0.15, 0.2) is 0 Å². The molecule has 4 nitrogen and oxygen atoms in total. The molecule has 0 radical (unpaired) electrons. The van der Waals surface area contributed by atoms with Gasteiger partial charge in [-0.3, -0.25) is 4.68 Å². The minimum Gasteiger partial charge on any atom is -0.485 e. The highest BCUT2D eigenvalue weighted by Gasteiger charge is 2.28. The Balaban J connectivity index is 1.91.